The van der Waals surface area contributed by atoms with Crippen molar-refractivity contribution in [2.75, 3.05) is 52.5 Å². The molecule has 7 nitrogen and oxygen atoms in total. The highest BCUT2D eigenvalue weighted by Gasteiger charge is 2.31. The Morgan fingerprint density at radius 3 is 3.03 bits per heavy atom. The van der Waals surface area contributed by atoms with E-state index in [2.05, 4.69) is 41.4 Å². The molecule has 0 radical (unpaired) electrons. The van der Waals surface area contributed by atoms with Crippen LogP contribution in [0.5, 0.6) is 0 Å². The van der Waals surface area contributed by atoms with Crippen molar-refractivity contribution in [1.29, 1.82) is 0 Å². The number of hydrogen-bond acceptors (Lipinski definition) is 6. The van der Waals surface area contributed by atoms with E-state index in [0.29, 0.717) is 45.3 Å². The minimum Gasteiger partial charge on any atom is -0.507 e. The van der Waals surface area contributed by atoms with Crippen LogP contribution >= 0.6 is 0 Å². The predicted molar refractivity (Wildman–Crippen MR) is 141 cm³/mol. The van der Waals surface area contributed by atoms with Crippen molar-refractivity contribution in [2.24, 2.45) is 5.92 Å². The van der Waals surface area contributed by atoms with Crippen LogP contribution in [0.4, 0.5) is 0 Å². The molecule has 1 aliphatic carbocycles. The summed E-state index contributed by atoms with van der Waals surface area (Å²) in [5.74, 6) is 3.86. The van der Waals surface area contributed by atoms with Gasteiger partial charge in [-0.2, -0.15) is 0 Å². The molecule has 2 N–H and O–H groups in total. The van der Waals surface area contributed by atoms with Crippen LogP contribution in [-0.4, -0.2) is 85.4 Å². The van der Waals surface area contributed by atoms with Gasteiger partial charge in [-0.3, -0.25) is 15.0 Å². The summed E-state index contributed by atoms with van der Waals surface area (Å²) in [6.45, 7) is 10.9. The van der Waals surface area contributed by atoms with E-state index in [1.165, 1.54) is 0 Å². The lowest BCUT2D eigenvalue weighted by atomic mass is 10.1. The summed E-state index contributed by atoms with van der Waals surface area (Å²) in [7, 11) is 0. The van der Waals surface area contributed by atoms with Crippen LogP contribution in [0.15, 0.2) is 70.6 Å². The highest BCUT2D eigenvalue weighted by atomic mass is 16.5. The largest absolute Gasteiger partial charge is 0.507 e. The lowest BCUT2D eigenvalue weighted by molar-refractivity contribution is -0.149. The molecule has 2 atom stereocenters. The van der Waals surface area contributed by atoms with Crippen molar-refractivity contribution >= 4 is 5.91 Å². The summed E-state index contributed by atoms with van der Waals surface area (Å²) in [5.41, 5.74) is 8.04. The van der Waals surface area contributed by atoms with Crippen molar-refractivity contribution < 1.29 is 19.4 Å². The molecular formula is C29H37N3O4. The molecule has 2 unspecified atom stereocenters. The fourth-order valence-electron chi connectivity index (χ4n) is 4.16. The number of terminal acetylenes is 1. The fraction of sp³-hybridized carbons (Fsp3) is 0.483. The lowest BCUT2D eigenvalue weighted by Crippen LogP contribution is -2.52. The van der Waals surface area contributed by atoms with Crippen LogP contribution in [-0.2, 0) is 14.3 Å². The average molecular weight is 492 g/mol. The monoisotopic (exact) mass is 491 g/mol. The number of amides is 1. The Kier molecular flexibility index (Phi) is 10.5. The lowest BCUT2D eigenvalue weighted by Gasteiger charge is -2.35. The van der Waals surface area contributed by atoms with Gasteiger partial charge in [-0.05, 0) is 37.1 Å². The van der Waals surface area contributed by atoms with Crippen molar-refractivity contribution in [3.8, 4) is 12.3 Å². The Balaban J connectivity index is 1.67. The molecule has 0 spiro atoms. The average Bonchev–Trinajstić information content (AvgIpc) is 2.86. The zero-order chi connectivity index (χ0) is 25.9. The highest BCUT2D eigenvalue weighted by Crippen LogP contribution is 2.15. The Bertz CT molecular complexity index is 1060. The molecule has 0 aromatic heterocycles. The van der Waals surface area contributed by atoms with Gasteiger partial charge in [0.1, 0.15) is 30.3 Å². The van der Waals surface area contributed by atoms with Crippen LogP contribution in [0.2, 0.25) is 0 Å². The predicted octanol–water partition coefficient (Wildman–Crippen LogP) is 2.87. The second kappa shape index (κ2) is 13.8. The van der Waals surface area contributed by atoms with Gasteiger partial charge in [-0.25, -0.2) is 0 Å². The third kappa shape index (κ3) is 8.46. The van der Waals surface area contributed by atoms with Crippen molar-refractivity contribution in [1.82, 2.24) is 15.1 Å². The van der Waals surface area contributed by atoms with Crippen LogP contribution in [0.1, 0.15) is 20.8 Å². The number of nitrogens with one attached hydrogen (secondary N) is 1. The van der Waals surface area contributed by atoms with Gasteiger partial charge in [-0.15, -0.1) is 17.9 Å². The number of aliphatic hydroxyl groups excluding tert-OH is 1. The number of allylic oxidation sites excluding steroid dienone is 4. The van der Waals surface area contributed by atoms with Gasteiger partial charge >= 0.3 is 0 Å². The van der Waals surface area contributed by atoms with E-state index in [9.17, 15) is 9.90 Å². The molecule has 2 aliphatic heterocycles. The number of nitrogens with zero attached hydrogens (tertiary/aromatic N) is 2. The van der Waals surface area contributed by atoms with Crippen LogP contribution in [0.3, 0.4) is 0 Å². The first-order valence-electron chi connectivity index (χ1n) is 12.5. The topological polar surface area (TPSA) is 74.3 Å². The molecule has 1 amide bonds. The van der Waals surface area contributed by atoms with E-state index in [0.717, 1.165) is 30.0 Å². The molecule has 7 heteroatoms. The normalized spacial score (nSPS) is 25.4. The van der Waals surface area contributed by atoms with E-state index in [1.807, 2.05) is 30.1 Å². The minimum atomic E-state index is -0.536. The number of morpholine rings is 2. The standard InChI is InChI=1S/C29H37N3O4/c1-5-26-27(35-16-14-30-26)13-10-23(4)19-32(18-22(2)3)29(34)28-21-31(15-17-36-28)20-24-8-6-7-9-25(33)12-11-24/h1,7-10,12-13,22,26,28,30,33H,14-21H2,2-4H3/b23-10+,25-9+,27-13+. The summed E-state index contributed by atoms with van der Waals surface area (Å²) in [6, 6.07) is -0.231. The Labute approximate surface area is 214 Å². The molecule has 2 heterocycles. The first kappa shape index (κ1) is 27.4. The molecule has 2 saturated heterocycles. The number of rotatable bonds is 8. The maximum atomic E-state index is 13.5. The third-order valence-corrected chi connectivity index (χ3v) is 5.87. The summed E-state index contributed by atoms with van der Waals surface area (Å²) in [5, 5.41) is 13.0. The summed E-state index contributed by atoms with van der Waals surface area (Å²) < 4.78 is 11.6. The van der Waals surface area contributed by atoms with Crippen molar-refractivity contribution in [2.45, 2.75) is 32.9 Å². The Hall–Kier alpha value is -3.23. The number of carbonyl (C=O) groups excluding carboxylic acids is 1. The van der Waals surface area contributed by atoms with Gasteiger partial charge in [0, 0.05) is 50.9 Å². The number of carbonyl (C=O) groups is 1. The van der Waals surface area contributed by atoms with Gasteiger partial charge < -0.3 is 19.5 Å². The molecule has 0 aromatic rings. The van der Waals surface area contributed by atoms with Gasteiger partial charge in [-0.1, -0.05) is 31.4 Å². The molecule has 3 rings (SSSR count). The number of hydrogen-bond donors (Lipinski definition) is 2. The van der Waals surface area contributed by atoms with E-state index < -0.39 is 6.10 Å². The first-order valence-corrected chi connectivity index (χ1v) is 12.5. The van der Waals surface area contributed by atoms with E-state index in [1.54, 1.807) is 18.2 Å². The third-order valence-electron chi connectivity index (χ3n) is 5.87. The quantitative estimate of drug-likeness (QED) is 0.402. The van der Waals surface area contributed by atoms with Gasteiger partial charge in [0.05, 0.1) is 6.61 Å². The van der Waals surface area contributed by atoms with E-state index in [-0.39, 0.29) is 17.7 Å². The molecular weight excluding hydrogens is 454 g/mol. The smallest absolute Gasteiger partial charge is 0.253 e. The molecule has 36 heavy (non-hydrogen) atoms. The number of aliphatic hydroxyl groups is 1. The van der Waals surface area contributed by atoms with Crippen LogP contribution < -0.4 is 5.32 Å². The van der Waals surface area contributed by atoms with Crippen molar-refractivity contribution in [3.63, 3.8) is 0 Å². The molecule has 0 aromatic carbocycles. The maximum absolute atomic E-state index is 13.5. The maximum Gasteiger partial charge on any atom is 0.253 e. The highest BCUT2D eigenvalue weighted by molar-refractivity contribution is 5.81. The van der Waals surface area contributed by atoms with Gasteiger partial charge in [0.2, 0.25) is 0 Å². The SMILES string of the molecule is C#CC1NCCO/C1=C/C=C(\C)CN(CC(C)C)C(=O)C1CN(CC2=C=C/C(O)=C\C=C=C2)CCO1. The first-order chi connectivity index (χ1) is 17.4. The summed E-state index contributed by atoms with van der Waals surface area (Å²) in [4.78, 5) is 17.6. The van der Waals surface area contributed by atoms with Gasteiger partial charge in [0.25, 0.3) is 5.91 Å². The Morgan fingerprint density at radius 1 is 1.42 bits per heavy atom. The molecule has 0 bridgehead atoms. The van der Waals surface area contributed by atoms with Gasteiger partial charge in [0.15, 0.2) is 0 Å². The zero-order valence-corrected chi connectivity index (χ0v) is 21.5. The second-order valence-corrected chi connectivity index (χ2v) is 9.57. The van der Waals surface area contributed by atoms with Crippen molar-refractivity contribution in [3.05, 3.63) is 70.6 Å². The molecule has 2 fully saturated rings. The van der Waals surface area contributed by atoms with Crippen LogP contribution in [0.25, 0.3) is 0 Å². The zero-order valence-electron chi connectivity index (χ0n) is 21.5. The van der Waals surface area contributed by atoms with Crippen LogP contribution in [0, 0.1) is 18.3 Å². The fourth-order valence-corrected chi connectivity index (χ4v) is 4.16. The summed E-state index contributed by atoms with van der Waals surface area (Å²) >= 11 is 0. The second-order valence-electron chi connectivity index (χ2n) is 9.57. The molecule has 192 valence electrons. The summed E-state index contributed by atoms with van der Waals surface area (Å²) in [6.07, 6.45) is 15.5. The van der Waals surface area contributed by atoms with E-state index >= 15 is 0 Å². The van der Waals surface area contributed by atoms with E-state index in [4.69, 9.17) is 15.9 Å². The molecule has 3 aliphatic rings. The Morgan fingerprint density at radius 2 is 2.25 bits per heavy atom. The number of ether oxygens (including phenoxy) is 2. The molecule has 0 saturated carbocycles. The minimum absolute atomic E-state index is 0.0101.